The molecule has 110 valence electrons. The van der Waals surface area contributed by atoms with E-state index in [1.165, 1.54) is 16.2 Å². The van der Waals surface area contributed by atoms with E-state index in [-0.39, 0.29) is 6.29 Å². The molecule has 1 aliphatic heterocycles. The molecular weight excluding hydrogens is 327 g/mol. The van der Waals surface area contributed by atoms with Gasteiger partial charge in [0.25, 0.3) is 0 Å². The Labute approximate surface area is 132 Å². The van der Waals surface area contributed by atoms with Gasteiger partial charge in [0, 0.05) is 0 Å². The second kappa shape index (κ2) is 7.76. The summed E-state index contributed by atoms with van der Waals surface area (Å²) in [6, 6.07) is 20.9. The van der Waals surface area contributed by atoms with Crippen LogP contribution in [-0.2, 0) is 9.47 Å². The van der Waals surface area contributed by atoms with Crippen molar-refractivity contribution in [2.45, 2.75) is 18.0 Å². The van der Waals surface area contributed by atoms with Crippen molar-refractivity contribution in [3.63, 3.8) is 0 Å². The SMILES string of the molecule is c1ccc([Se]CCC2COC(c3ccccc3)OC2)cc1. The van der Waals surface area contributed by atoms with Crippen LogP contribution in [-0.4, -0.2) is 28.2 Å². The van der Waals surface area contributed by atoms with Crippen LogP contribution in [0.5, 0.6) is 0 Å². The number of ether oxygens (including phenoxy) is 2. The molecule has 0 aromatic heterocycles. The Hall–Kier alpha value is -1.12. The first-order valence-electron chi connectivity index (χ1n) is 7.38. The number of rotatable bonds is 5. The standard InChI is InChI=1S/C18H20O2Se/c1-3-7-16(8-4-1)18-19-13-15(14-20-18)11-12-21-17-9-5-2-6-10-17/h1-10,15,18H,11-14H2. The van der Waals surface area contributed by atoms with E-state index in [2.05, 4.69) is 42.5 Å². The summed E-state index contributed by atoms with van der Waals surface area (Å²) in [6.45, 7) is 1.62. The van der Waals surface area contributed by atoms with Gasteiger partial charge in [0.05, 0.1) is 0 Å². The van der Waals surface area contributed by atoms with E-state index in [0.717, 1.165) is 18.8 Å². The van der Waals surface area contributed by atoms with Crippen LogP contribution in [0.3, 0.4) is 0 Å². The van der Waals surface area contributed by atoms with Crippen LogP contribution in [0.15, 0.2) is 60.7 Å². The van der Waals surface area contributed by atoms with Crippen molar-refractivity contribution in [3.05, 3.63) is 66.2 Å². The zero-order chi connectivity index (χ0) is 14.3. The van der Waals surface area contributed by atoms with Gasteiger partial charge in [-0.15, -0.1) is 0 Å². The van der Waals surface area contributed by atoms with Gasteiger partial charge in [-0.25, -0.2) is 0 Å². The monoisotopic (exact) mass is 348 g/mol. The molecule has 0 bridgehead atoms. The van der Waals surface area contributed by atoms with Gasteiger partial charge in [0.2, 0.25) is 0 Å². The fourth-order valence-electron chi connectivity index (χ4n) is 2.37. The first-order valence-corrected chi connectivity index (χ1v) is 9.44. The van der Waals surface area contributed by atoms with Crippen LogP contribution in [0, 0.1) is 5.92 Å². The Morgan fingerprint density at radius 2 is 1.48 bits per heavy atom. The van der Waals surface area contributed by atoms with Gasteiger partial charge in [-0.3, -0.25) is 0 Å². The molecule has 0 spiro atoms. The van der Waals surface area contributed by atoms with Gasteiger partial charge >= 0.3 is 132 Å². The summed E-state index contributed by atoms with van der Waals surface area (Å²) in [5.74, 6) is 0.538. The van der Waals surface area contributed by atoms with Gasteiger partial charge in [0.1, 0.15) is 0 Å². The topological polar surface area (TPSA) is 18.5 Å². The van der Waals surface area contributed by atoms with E-state index in [9.17, 15) is 0 Å². The molecule has 0 amide bonds. The third-order valence-electron chi connectivity index (χ3n) is 3.58. The molecule has 1 saturated heterocycles. The molecule has 0 atom stereocenters. The molecule has 1 heterocycles. The first-order chi connectivity index (χ1) is 10.4. The van der Waals surface area contributed by atoms with Crippen molar-refractivity contribution in [3.8, 4) is 0 Å². The predicted octanol–water partition coefficient (Wildman–Crippen LogP) is 3.19. The Kier molecular flexibility index (Phi) is 5.47. The van der Waals surface area contributed by atoms with Gasteiger partial charge in [0.15, 0.2) is 0 Å². The van der Waals surface area contributed by atoms with Crippen molar-refractivity contribution in [1.29, 1.82) is 0 Å². The molecule has 0 N–H and O–H groups in total. The van der Waals surface area contributed by atoms with Crippen LogP contribution in [0.25, 0.3) is 0 Å². The third-order valence-corrected chi connectivity index (χ3v) is 5.77. The molecule has 3 heteroatoms. The number of hydrogen-bond acceptors (Lipinski definition) is 2. The summed E-state index contributed by atoms with van der Waals surface area (Å²) in [4.78, 5) is 0. The Morgan fingerprint density at radius 3 is 2.14 bits per heavy atom. The van der Waals surface area contributed by atoms with Crippen molar-refractivity contribution < 1.29 is 9.47 Å². The van der Waals surface area contributed by atoms with Gasteiger partial charge in [-0.1, -0.05) is 0 Å². The second-order valence-corrected chi connectivity index (χ2v) is 7.68. The van der Waals surface area contributed by atoms with E-state index in [1.807, 2.05) is 18.2 Å². The first kappa shape index (κ1) is 14.8. The summed E-state index contributed by atoms with van der Waals surface area (Å²) in [5, 5.41) is 1.25. The minimum atomic E-state index is -0.179. The van der Waals surface area contributed by atoms with Crippen molar-refractivity contribution in [2.75, 3.05) is 13.2 Å². The summed E-state index contributed by atoms with van der Waals surface area (Å²) in [7, 11) is 0. The second-order valence-electron chi connectivity index (χ2n) is 5.23. The molecule has 21 heavy (non-hydrogen) atoms. The number of hydrogen-bond donors (Lipinski definition) is 0. The minimum absolute atomic E-state index is 0.179. The van der Waals surface area contributed by atoms with Gasteiger partial charge in [-0.2, -0.15) is 0 Å². The Bertz CT molecular complexity index is 519. The van der Waals surface area contributed by atoms with Crippen LogP contribution < -0.4 is 4.46 Å². The predicted molar refractivity (Wildman–Crippen MR) is 85.8 cm³/mol. The number of benzene rings is 2. The average molecular weight is 347 g/mol. The van der Waals surface area contributed by atoms with E-state index in [1.54, 1.807) is 0 Å². The van der Waals surface area contributed by atoms with E-state index in [0.29, 0.717) is 20.9 Å². The molecule has 2 nitrogen and oxygen atoms in total. The molecule has 2 aromatic carbocycles. The fraction of sp³-hybridized carbons (Fsp3) is 0.333. The summed E-state index contributed by atoms with van der Waals surface area (Å²) >= 11 is 0.567. The van der Waals surface area contributed by atoms with E-state index >= 15 is 0 Å². The molecule has 1 aliphatic rings. The summed E-state index contributed by atoms with van der Waals surface area (Å²) < 4.78 is 13.2. The van der Waals surface area contributed by atoms with Crippen LogP contribution >= 0.6 is 0 Å². The zero-order valence-corrected chi connectivity index (χ0v) is 13.7. The average Bonchev–Trinajstić information content (AvgIpc) is 2.57. The molecule has 0 unspecified atom stereocenters. The van der Waals surface area contributed by atoms with Crippen molar-refractivity contribution >= 4 is 19.4 Å². The van der Waals surface area contributed by atoms with Gasteiger partial charge < -0.3 is 0 Å². The maximum atomic E-state index is 5.86. The normalized spacial score (nSPS) is 22.1. The Morgan fingerprint density at radius 1 is 0.857 bits per heavy atom. The summed E-state index contributed by atoms with van der Waals surface area (Å²) in [5.41, 5.74) is 1.12. The summed E-state index contributed by atoms with van der Waals surface area (Å²) in [6.07, 6.45) is 1.01. The van der Waals surface area contributed by atoms with Gasteiger partial charge in [-0.05, 0) is 0 Å². The molecule has 1 fully saturated rings. The molecule has 3 rings (SSSR count). The third kappa shape index (κ3) is 4.42. The maximum absolute atomic E-state index is 5.86. The molecule has 0 radical (unpaired) electrons. The molecule has 0 aliphatic carbocycles. The Balaban J connectivity index is 1.40. The van der Waals surface area contributed by atoms with Crippen molar-refractivity contribution in [1.82, 2.24) is 0 Å². The van der Waals surface area contributed by atoms with E-state index < -0.39 is 0 Å². The fourth-order valence-corrected chi connectivity index (χ4v) is 4.55. The zero-order valence-electron chi connectivity index (χ0n) is 12.0. The molecular formula is C18H20O2Se. The van der Waals surface area contributed by atoms with Crippen molar-refractivity contribution in [2.24, 2.45) is 5.92 Å². The van der Waals surface area contributed by atoms with E-state index in [4.69, 9.17) is 9.47 Å². The van der Waals surface area contributed by atoms with Crippen LogP contribution in [0.1, 0.15) is 18.3 Å². The quantitative estimate of drug-likeness (QED) is 0.774. The molecule has 0 saturated carbocycles. The van der Waals surface area contributed by atoms with Crippen LogP contribution in [0.4, 0.5) is 0 Å². The molecule has 2 aromatic rings. The van der Waals surface area contributed by atoms with Crippen LogP contribution in [0.2, 0.25) is 5.32 Å².